The Morgan fingerprint density at radius 2 is 1.92 bits per heavy atom. The zero-order valence-electron chi connectivity index (χ0n) is 14.6. The third kappa shape index (κ3) is 4.84. The lowest BCUT2D eigenvalue weighted by Gasteiger charge is -2.10. The summed E-state index contributed by atoms with van der Waals surface area (Å²) in [7, 11) is 3.11. The molecule has 0 unspecified atom stereocenters. The van der Waals surface area contributed by atoms with Crippen LogP contribution in [-0.4, -0.2) is 26.7 Å². The SMILES string of the molecule is COc1ccc(CCNC(=O)/C(C#N)=C/c2ccccc2F)cc1OC. The summed E-state index contributed by atoms with van der Waals surface area (Å²) in [5, 5.41) is 11.8. The van der Waals surface area contributed by atoms with Gasteiger partial charge < -0.3 is 14.8 Å². The highest BCUT2D eigenvalue weighted by molar-refractivity contribution is 6.01. The number of rotatable bonds is 7. The summed E-state index contributed by atoms with van der Waals surface area (Å²) in [6, 6.07) is 13.2. The Morgan fingerprint density at radius 3 is 2.58 bits per heavy atom. The predicted octanol–water partition coefficient (Wildman–Crippen LogP) is 3.11. The molecule has 0 fully saturated rings. The van der Waals surface area contributed by atoms with Gasteiger partial charge >= 0.3 is 0 Å². The van der Waals surface area contributed by atoms with Gasteiger partial charge in [0.2, 0.25) is 0 Å². The molecular formula is C20H19FN2O3. The highest BCUT2D eigenvalue weighted by Crippen LogP contribution is 2.27. The van der Waals surface area contributed by atoms with Crippen molar-refractivity contribution in [2.24, 2.45) is 0 Å². The van der Waals surface area contributed by atoms with Gasteiger partial charge in [-0.2, -0.15) is 5.26 Å². The van der Waals surface area contributed by atoms with E-state index in [2.05, 4.69) is 5.32 Å². The fraction of sp³-hybridized carbons (Fsp3) is 0.200. The number of amides is 1. The molecule has 0 aliphatic heterocycles. The molecule has 0 atom stereocenters. The maximum Gasteiger partial charge on any atom is 0.261 e. The van der Waals surface area contributed by atoms with Crippen LogP contribution in [0, 0.1) is 17.1 Å². The minimum Gasteiger partial charge on any atom is -0.493 e. The Hall–Kier alpha value is -3.33. The number of nitriles is 1. The molecule has 6 heteroatoms. The molecule has 1 N–H and O–H groups in total. The van der Waals surface area contributed by atoms with Gasteiger partial charge in [0.1, 0.15) is 17.5 Å². The minimum absolute atomic E-state index is 0.151. The molecule has 0 spiro atoms. The van der Waals surface area contributed by atoms with Crippen LogP contribution in [0.25, 0.3) is 6.08 Å². The second-order valence-corrected chi connectivity index (χ2v) is 5.39. The molecule has 0 aromatic heterocycles. The normalized spacial score (nSPS) is 10.8. The van der Waals surface area contributed by atoms with Crippen LogP contribution in [0.5, 0.6) is 11.5 Å². The number of nitrogens with one attached hydrogen (secondary N) is 1. The van der Waals surface area contributed by atoms with Crippen LogP contribution in [0.1, 0.15) is 11.1 Å². The maximum atomic E-state index is 13.6. The number of hydrogen-bond acceptors (Lipinski definition) is 4. The molecule has 134 valence electrons. The molecule has 0 saturated carbocycles. The van der Waals surface area contributed by atoms with Crippen LogP contribution in [0.15, 0.2) is 48.0 Å². The second kappa shape index (κ2) is 9.23. The van der Waals surface area contributed by atoms with Crippen molar-refractivity contribution in [3.05, 3.63) is 65.0 Å². The number of halogens is 1. The molecule has 2 aromatic carbocycles. The average Bonchev–Trinajstić information content (AvgIpc) is 2.67. The standard InChI is InChI=1S/C20H19FN2O3/c1-25-18-8-7-14(11-19(18)26-2)9-10-23-20(24)16(13-22)12-15-5-3-4-6-17(15)21/h3-8,11-12H,9-10H2,1-2H3,(H,23,24)/b16-12+. The molecule has 0 aliphatic carbocycles. The van der Waals surface area contributed by atoms with E-state index in [9.17, 15) is 9.18 Å². The van der Waals surface area contributed by atoms with Crippen LogP contribution >= 0.6 is 0 Å². The second-order valence-electron chi connectivity index (χ2n) is 5.39. The van der Waals surface area contributed by atoms with Crippen LogP contribution < -0.4 is 14.8 Å². The maximum absolute atomic E-state index is 13.6. The zero-order valence-corrected chi connectivity index (χ0v) is 14.6. The predicted molar refractivity (Wildman–Crippen MR) is 96.2 cm³/mol. The molecule has 1 amide bonds. The Balaban J connectivity index is 1.99. The summed E-state index contributed by atoms with van der Waals surface area (Å²) in [4.78, 5) is 12.1. The van der Waals surface area contributed by atoms with Crippen molar-refractivity contribution in [1.29, 1.82) is 5.26 Å². The molecule has 0 saturated heterocycles. The van der Waals surface area contributed by atoms with Crippen molar-refractivity contribution in [2.45, 2.75) is 6.42 Å². The van der Waals surface area contributed by atoms with E-state index in [0.717, 1.165) is 5.56 Å². The van der Waals surface area contributed by atoms with Crippen molar-refractivity contribution in [3.63, 3.8) is 0 Å². The van der Waals surface area contributed by atoms with E-state index >= 15 is 0 Å². The van der Waals surface area contributed by atoms with Crippen molar-refractivity contribution < 1.29 is 18.7 Å². The number of carbonyl (C=O) groups excluding carboxylic acids is 1. The summed E-state index contributed by atoms with van der Waals surface area (Å²) in [6.07, 6.45) is 1.78. The van der Waals surface area contributed by atoms with Crippen molar-refractivity contribution >= 4 is 12.0 Å². The number of carbonyl (C=O) groups is 1. The van der Waals surface area contributed by atoms with E-state index < -0.39 is 11.7 Å². The lowest BCUT2D eigenvalue weighted by molar-refractivity contribution is -0.117. The first-order valence-corrected chi connectivity index (χ1v) is 7.94. The quantitative estimate of drug-likeness (QED) is 0.613. The molecule has 2 aromatic rings. The van der Waals surface area contributed by atoms with Gasteiger partial charge in [-0.05, 0) is 36.3 Å². The highest BCUT2D eigenvalue weighted by Gasteiger charge is 2.10. The summed E-state index contributed by atoms with van der Waals surface area (Å²) < 4.78 is 24.1. The van der Waals surface area contributed by atoms with Crippen molar-refractivity contribution in [2.75, 3.05) is 20.8 Å². The largest absolute Gasteiger partial charge is 0.493 e. The average molecular weight is 354 g/mol. The first-order valence-electron chi connectivity index (χ1n) is 7.94. The van der Waals surface area contributed by atoms with Gasteiger partial charge in [-0.25, -0.2) is 4.39 Å². The fourth-order valence-electron chi connectivity index (χ4n) is 2.35. The van der Waals surface area contributed by atoms with Crippen LogP contribution in [0.3, 0.4) is 0 Å². The Morgan fingerprint density at radius 1 is 1.19 bits per heavy atom. The van der Waals surface area contributed by atoms with Gasteiger partial charge in [0.15, 0.2) is 11.5 Å². The van der Waals surface area contributed by atoms with Crippen LogP contribution in [-0.2, 0) is 11.2 Å². The smallest absolute Gasteiger partial charge is 0.261 e. The summed E-state index contributed by atoms with van der Waals surface area (Å²) >= 11 is 0. The number of ether oxygens (including phenoxy) is 2. The molecule has 0 heterocycles. The summed E-state index contributed by atoms with van der Waals surface area (Å²) in [6.45, 7) is 0.324. The monoisotopic (exact) mass is 354 g/mol. The third-order valence-electron chi connectivity index (χ3n) is 3.72. The minimum atomic E-state index is -0.545. The number of nitrogens with zero attached hydrogens (tertiary/aromatic N) is 1. The Labute approximate surface area is 151 Å². The van der Waals surface area contributed by atoms with E-state index in [1.54, 1.807) is 38.5 Å². The molecule has 0 aliphatic rings. The van der Waals surface area contributed by atoms with Gasteiger partial charge in [0.25, 0.3) is 5.91 Å². The first-order chi connectivity index (χ1) is 12.6. The van der Waals surface area contributed by atoms with Crippen LogP contribution in [0.4, 0.5) is 4.39 Å². The lowest BCUT2D eigenvalue weighted by Crippen LogP contribution is -2.26. The van der Waals surface area contributed by atoms with Crippen LogP contribution in [0.2, 0.25) is 0 Å². The van der Waals surface area contributed by atoms with Gasteiger partial charge in [0, 0.05) is 12.1 Å². The van der Waals surface area contributed by atoms with Gasteiger partial charge in [-0.15, -0.1) is 0 Å². The molecule has 0 bridgehead atoms. The van der Waals surface area contributed by atoms with E-state index in [1.807, 2.05) is 12.1 Å². The van der Waals surface area contributed by atoms with Crippen molar-refractivity contribution in [3.8, 4) is 17.6 Å². The molecule has 0 radical (unpaired) electrons. The summed E-state index contributed by atoms with van der Waals surface area (Å²) in [5.74, 6) is 0.197. The Kier molecular flexibility index (Phi) is 6.75. The van der Waals surface area contributed by atoms with Gasteiger partial charge in [0.05, 0.1) is 14.2 Å². The van der Waals surface area contributed by atoms with Crippen molar-refractivity contribution in [1.82, 2.24) is 5.32 Å². The number of hydrogen-bond donors (Lipinski definition) is 1. The van der Waals surface area contributed by atoms with E-state index in [4.69, 9.17) is 14.7 Å². The molecule has 2 rings (SSSR count). The van der Waals surface area contributed by atoms with E-state index in [0.29, 0.717) is 24.5 Å². The molecule has 26 heavy (non-hydrogen) atoms. The highest BCUT2D eigenvalue weighted by atomic mass is 19.1. The van der Waals surface area contributed by atoms with E-state index in [-0.39, 0.29) is 11.1 Å². The molecule has 5 nitrogen and oxygen atoms in total. The Bertz CT molecular complexity index is 856. The lowest BCUT2D eigenvalue weighted by atomic mass is 10.1. The molecular weight excluding hydrogens is 335 g/mol. The summed E-state index contributed by atoms with van der Waals surface area (Å²) in [5.41, 5.74) is 0.987. The zero-order chi connectivity index (χ0) is 18.9. The number of methoxy groups -OCH3 is 2. The van der Waals surface area contributed by atoms with E-state index in [1.165, 1.54) is 18.2 Å². The third-order valence-corrected chi connectivity index (χ3v) is 3.72. The topological polar surface area (TPSA) is 71.3 Å². The van der Waals surface area contributed by atoms with Gasteiger partial charge in [-0.1, -0.05) is 24.3 Å². The fourth-order valence-corrected chi connectivity index (χ4v) is 2.35. The number of benzene rings is 2. The van der Waals surface area contributed by atoms with Gasteiger partial charge in [-0.3, -0.25) is 4.79 Å². The first kappa shape index (κ1) is 19.0.